The number of amides is 1. The zero-order valence-corrected chi connectivity index (χ0v) is 13.3. The molecular formula is C17H26N2O2. The summed E-state index contributed by atoms with van der Waals surface area (Å²) in [5.41, 5.74) is 2.31. The fraction of sp³-hybridized carbons (Fsp3) is 0.588. The van der Waals surface area contributed by atoms with Crippen molar-refractivity contribution in [2.24, 2.45) is 5.92 Å². The predicted octanol–water partition coefficient (Wildman–Crippen LogP) is 2.56. The van der Waals surface area contributed by atoms with E-state index in [1.807, 2.05) is 18.0 Å². The molecule has 21 heavy (non-hydrogen) atoms. The maximum absolute atomic E-state index is 12.1. The van der Waals surface area contributed by atoms with Gasteiger partial charge in [0.05, 0.1) is 7.11 Å². The molecule has 116 valence electrons. The summed E-state index contributed by atoms with van der Waals surface area (Å²) in [6.45, 7) is 4.53. The van der Waals surface area contributed by atoms with Gasteiger partial charge in [-0.05, 0) is 37.1 Å². The molecule has 1 aliphatic rings. The van der Waals surface area contributed by atoms with Crippen molar-refractivity contribution in [1.29, 1.82) is 0 Å². The highest BCUT2D eigenvalue weighted by Gasteiger charge is 2.29. The molecule has 0 spiro atoms. The van der Waals surface area contributed by atoms with Gasteiger partial charge in [0.25, 0.3) is 0 Å². The number of benzene rings is 1. The van der Waals surface area contributed by atoms with Crippen molar-refractivity contribution in [2.45, 2.75) is 39.3 Å². The van der Waals surface area contributed by atoms with Crippen LogP contribution in [-0.2, 0) is 17.9 Å². The van der Waals surface area contributed by atoms with Crippen LogP contribution in [0.3, 0.4) is 0 Å². The van der Waals surface area contributed by atoms with E-state index in [1.54, 1.807) is 7.11 Å². The summed E-state index contributed by atoms with van der Waals surface area (Å²) in [6, 6.07) is 6.19. The number of likely N-dealkylation sites (tertiary alicyclic amines) is 1. The van der Waals surface area contributed by atoms with Gasteiger partial charge in [0.1, 0.15) is 5.75 Å². The highest BCUT2D eigenvalue weighted by atomic mass is 16.5. The van der Waals surface area contributed by atoms with Gasteiger partial charge in [-0.1, -0.05) is 19.4 Å². The van der Waals surface area contributed by atoms with E-state index in [1.165, 1.54) is 5.56 Å². The molecule has 0 saturated carbocycles. The Balaban J connectivity index is 2.10. The first-order chi connectivity index (χ1) is 10.2. The Morgan fingerprint density at radius 1 is 1.43 bits per heavy atom. The van der Waals surface area contributed by atoms with E-state index in [-0.39, 0.29) is 5.91 Å². The topological polar surface area (TPSA) is 41.6 Å². The molecular weight excluding hydrogens is 264 g/mol. The molecule has 1 saturated heterocycles. The first-order valence-corrected chi connectivity index (χ1v) is 7.76. The SMILES string of the molecule is CCCC1CC(=O)N(Cc2cc(CNC)ccc2OC)C1. The van der Waals surface area contributed by atoms with Crippen LogP contribution in [0.15, 0.2) is 18.2 Å². The van der Waals surface area contributed by atoms with Crippen LogP contribution in [0.25, 0.3) is 0 Å². The quantitative estimate of drug-likeness (QED) is 0.839. The molecule has 1 aromatic rings. The fourth-order valence-corrected chi connectivity index (χ4v) is 3.08. The van der Waals surface area contributed by atoms with Crippen molar-refractivity contribution in [3.8, 4) is 5.75 Å². The van der Waals surface area contributed by atoms with Gasteiger partial charge < -0.3 is 15.0 Å². The monoisotopic (exact) mass is 290 g/mol. The molecule has 0 bridgehead atoms. The highest BCUT2D eigenvalue weighted by Crippen LogP contribution is 2.27. The maximum Gasteiger partial charge on any atom is 0.223 e. The molecule has 1 atom stereocenters. The van der Waals surface area contributed by atoms with Crippen LogP contribution in [0.4, 0.5) is 0 Å². The second kappa shape index (κ2) is 7.46. The number of carbonyl (C=O) groups excluding carboxylic acids is 1. The lowest BCUT2D eigenvalue weighted by Crippen LogP contribution is -2.25. The largest absolute Gasteiger partial charge is 0.496 e. The number of hydrogen-bond acceptors (Lipinski definition) is 3. The fourth-order valence-electron chi connectivity index (χ4n) is 3.08. The lowest BCUT2D eigenvalue weighted by atomic mass is 10.0. The minimum atomic E-state index is 0.273. The average molecular weight is 290 g/mol. The molecule has 1 heterocycles. The van der Waals surface area contributed by atoms with Gasteiger partial charge in [0.2, 0.25) is 5.91 Å². The standard InChI is InChI=1S/C17H26N2O2/c1-4-5-14-9-17(20)19(11-14)12-15-8-13(10-18-2)6-7-16(15)21-3/h6-8,14,18H,4-5,9-12H2,1-3H3. The minimum absolute atomic E-state index is 0.273. The van der Waals surface area contributed by atoms with E-state index in [0.717, 1.165) is 37.2 Å². The number of methoxy groups -OCH3 is 1. The van der Waals surface area contributed by atoms with Crippen molar-refractivity contribution in [1.82, 2.24) is 10.2 Å². The summed E-state index contributed by atoms with van der Waals surface area (Å²) in [5.74, 6) is 1.66. The van der Waals surface area contributed by atoms with Crippen LogP contribution < -0.4 is 10.1 Å². The van der Waals surface area contributed by atoms with E-state index in [2.05, 4.69) is 24.4 Å². The van der Waals surface area contributed by atoms with Crippen LogP contribution in [0.2, 0.25) is 0 Å². The molecule has 0 aliphatic carbocycles. The van der Waals surface area contributed by atoms with Crippen molar-refractivity contribution in [3.05, 3.63) is 29.3 Å². The normalized spacial score (nSPS) is 18.3. The molecule has 1 fully saturated rings. The number of ether oxygens (including phenoxy) is 1. The first-order valence-electron chi connectivity index (χ1n) is 7.76. The van der Waals surface area contributed by atoms with E-state index < -0.39 is 0 Å². The van der Waals surface area contributed by atoms with Gasteiger partial charge in [0.15, 0.2) is 0 Å². The molecule has 0 radical (unpaired) electrons. The molecule has 1 amide bonds. The number of carbonyl (C=O) groups is 1. The Morgan fingerprint density at radius 3 is 2.90 bits per heavy atom. The number of rotatable bonds is 7. The van der Waals surface area contributed by atoms with Gasteiger partial charge in [-0.3, -0.25) is 4.79 Å². The molecule has 2 rings (SSSR count). The highest BCUT2D eigenvalue weighted by molar-refractivity contribution is 5.78. The number of nitrogens with zero attached hydrogens (tertiary/aromatic N) is 1. The van der Waals surface area contributed by atoms with Gasteiger partial charge >= 0.3 is 0 Å². The van der Waals surface area contributed by atoms with Crippen LogP contribution in [0.5, 0.6) is 5.75 Å². The molecule has 1 aliphatic heterocycles. The molecule has 4 heteroatoms. The summed E-state index contributed by atoms with van der Waals surface area (Å²) in [7, 11) is 3.62. The second-order valence-corrected chi connectivity index (χ2v) is 5.81. The zero-order chi connectivity index (χ0) is 15.2. The van der Waals surface area contributed by atoms with Crippen LogP contribution >= 0.6 is 0 Å². The summed E-state index contributed by atoms with van der Waals surface area (Å²) in [4.78, 5) is 14.1. The van der Waals surface area contributed by atoms with Crippen LogP contribution in [0.1, 0.15) is 37.3 Å². The average Bonchev–Trinajstić information content (AvgIpc) is 2.80. The zero-order valence-electron chi connectivity index (χ0n) is 13.3. The van der Waals surface area contributed by atoms with Gasteiger partial charge in [0, 0.05) is 31.6 Å². The molecule has 1 N–H and O–H groups in total. The van der Waals surface area contributed by atoms with Gasteiger partial charge in [-0.25, -0.2) is 0 Å². The van der Waals surface area contributed by atoms with Crippen LogP contribution in [0, 0.1) is 5.92 Å². The third-order valence-electron chi connectivity index (χ3n) is 4.08. The Hall–Kier alpha value is -1.55. The first kappa shape index (κ1) is 15.8. The third-order valence-corrected chi connectivity index (χ3v) is 4.08. The van der Waals surface area contributed by atoms with E-state index in [0.29, 0.717) is 18.9 Å². The lowest BCUT2D eigenvalue weighted by molar-refractivity contribution is -0.128. The van der Waals surface area contributed by atoms with Crippen LogP contribution in [-0.4, -0.2) is 31.5 Å². The Bertz CT molecular complexity index is 488. The Morgan fingerprint density at radius 2 is 2.24 bits per heavy atom. The van der Waals surface area contributed by atoms with Crippen molar-refractivity contribution < 1.29 is 9.53 Å². The summed E-state index contributed by atoms with van der Waals surface area (Å²) in [5, 5.41) is 3.15. The van der Waals surface area contributed by atoms with Crippen molar-refractivity contribution in [3.63, 3.8) is 0 Å². The molecule has 0 aromatic heterocycles. The van der Waals surface area contributed by atoms with Gasteiger partial charge in [-0.15, -0.1) is 0 Å². The number of hydrogen-bond donors (Lipinski definition) is 1. The lowest BCUT2D eigenvalue weighted by Gasteiger charge is -2.19. The number of nitrogens with one attached hydrogen (secondary N) is 1. The third kappa shape index (κ3) is 3.97. The predicted molar refractivity (Wildman–Crippen MR) is 84.2 cm³/mol. The summed E-state index contributed by atoms with van der Waals surface area (Å²) < 4.78 is 5.44. The van der Waals surface area contributed by atoms with Crippen molar-refractivity contribution >= 4 is 5.91 Å². The van der Waals surface area contributed by atoms with E-state index >= 15 is 0 Å². The smallest absolute Gasteiger partial charge is 0.223 e. The Kier molecular flexibility index (Phi) is 5.62. The minimum Gasteiger partial charge on any atom is -0.496 e. The van der Waals surface area contributed by atoms with Crippen molar-refractivity contribution in [2.75, 3.05) is 20.7 Å². The maximum atomic E-state index is 12.1. The summed E-state index contributed by atoms with van der Waals surface area (Å²) in [6.07, 6.45) is 2.98. The molecule has 4 nitrogen and oxygen atoms in total. The van der Waals surface area contributed by atoms with Gasteiger partial charge in [-0.2, -0.15) is 0 Å². The van der Waals surface area contributed by atoms with E-state index in [4.69, 9.17) is 4.74 Å². The molecule has 1 aromatic carbocycles. The second-order valence-electron chi connectivity index (χ2n) is 5.81. The Labute approximate surface area is 127 Å². The summed E-state index contributed by atoms with van der Waals surface area (Å²) >= 11 is 0. The van der Waals surface area contributed by atoms with E-state index in [9.17, 15) is 4.79 Å². The molecule has 1 unspecified atom stereocenters.